The average Bonchev–Trinajstić information content (AvgIpc) is 2.83. The third-order valence-electron chi connectivity index (χ3n) is 5.29. The summed E-state index contributed by atoms with van der Waals surface area (Å²) in [5.41, 5.74) is 0.804. The van der Waals surface area contributed by atoms with Crippen molar-refractivity contribution in [1.29, 1.82) is 0 Å². The molecule has 11 heteroatoms. The lowest BCUT2D eigenvalue weighted by Gasteiger charge is -2.34. The van der Waals surface area contributed by atoms with E-state index in [9.17, 15) is 17.6 Å². The number of halogens is 1. The summed E-state index contributed by atoms with van der Waals surface area (Å²) in [5, 5.41) is 4.67. The summed E-state index contributed by atoms with van der Waals surface area (Å²) in [6, 6.07) is 12.5. The fourth-order valence-electron chi connectivity index (χ4n) is 3.57. The lowest BCUT2D eigenvalue weighted by atomic mass is 10.2. The Labute approximate surface area is 196 Å². The van der Waals surface area contributed by atoms with Crippen LogP contribution in [0.3, 0.4) is 0 Å². The molecule has 33 heavy (non-hydrogen) atoms. The maximum Gasteiger partial charge on any atom is 0.243 e. The summed E-state index contributed by atoms with van der Waals surface area (Å²) in [6.07, 6.45) is 0. The Hall–Kier alpha value is -2.76. The number of sulfonamides is 1. The smallest absolute Gasteiger partial charge is 0.243 e. The van der Waals surface area contributed by atoms with Crippen LogP contribution in [0.1, 0.15) is 6.92 Å². The van der Waals surface area contributed by atoms with E-state index in [-0.39, 0.29) is 29.6 Å². The topological polar surface area (TPSA) is 95.5 Å². The molecule has 174 valence electrons. The van der Waals surface area contributed by atoms with Crippen molar-refractivity contribution >= 4 is 44.4 Å². The number of anilines is 1. The second-order valence-corrected chi connectivity index (χ2v) is 10.3. The van der Waals surface area contributed by atoms with E-state index in [2.05, 4.69) is 15.3 Å². The minimum atomic E-state index is -3.72. The molecule has 4 rings (SSSR count). The Morgan fingerprint density at radius 2 is 1.76 bits per heavy atom. The molecule has 1 amide bonds. The molecule has 0 radical (unpaired) electrons. The Balaban J connectivity index is 1.36. The molecule has 2 heterocycles. The monoisotopic (exact) mass is 489 g/mol. The number of fused-ring (bicyclic) bond motifs is 1. The largest absolute Gasteiger partial charge is 0.370 e. The molecular formula is C22H24FN5O3S2. The number of amides is 1. The van der Waals surface area contributed by atoms with Gasteiger partial charge in [0.1, 0.15) is 11.6 Å². The van der Waals surface area contributed by atoms with Crippen molar-refractivity contribution in [3.05, 3.63) is 54.3 Å². The number of carbonyl (C=O) groups is 1. The van der Waals surface area contributed by atoms with Crippen LogP contribution in [-0.2, 0) is 14.8 Å². The molecule has 1 N–H and O–H groups in total. The number of thioether (sulfide) groups is 1. The first kappa shape index (κ1) is 23.4. The minimum absolute atomic E-state index is 0.0455. The second-order valence-electron chi connectivity index (χ2n) is 7.43. The van der Waals surface area contributed by atoms with E-state index in [0.29, 0.717) is 18.2 Å². The van der Waals surface area contributed by atoms with Gasteiger partial charge in [0.2, 0.25) is 15.9 Å². The highest BCUT2D eigenvalue weighted by Crippen LogP contribution is 2.25. The number of nitrogens with one attached hydrogen (secondary N) is 1. The van der Waals surface area contributed by atoms with Gasteiger partial charge in [-0.15, -0.1) is 0 Å². The molecule has 1 aliphatic heterocycles. The normalized spacial score (nSPS) is 15.0. The predicted molar refractivity (Wildman–Crippen MR) is 126 cm³/mol. The fourth-order valence-corrected chi connectivity index (χ4v) is 5.75. The number of carbonyl (C=O) groups excluding carboxylic acids is 1. The number of hydrogen-bond donors (Lipinski definition) is 1. The SMILES string of the molecule is CCNc1nc(SCC(=O)N2CCN(S(=O)(=O)c3ccc(F)cc3)CC2)nc2ccccc12. The van der Waals surface area contributed by atoms with Crippen molar-refractivity contribution in [2.75, 3.05) is 43.8 Å². The number of hydrogen-bond acceptors (Lipinski definition) is 7. The quantitative estimate of drug-likeness (QED) is 0.403. The molecule has 2 aromatic carbocycles. The van der Waals surface area contributed by atoms with Crippen LogP contribution in [0.5, 0.6) is 0 Å². The molecule has 0 bridgehead atoms. The van der Waals surface area contributed by atoms with E-state index in [4.69, 9.17) is 0 Å². The molecule has 1 saturated heterocycles. The number of aromatic nitrogens is 2. The van der Waals surface area contributed by atoms with Crippen LogP contribution in [0, 0.1) is 5.82 Å². The number of benzene rings is 2. The van der Waals surface area contributed by atoms with Gasteiger partial charge in [0, 0.05) is 38.1 Å². The lowest BCUT2D eigenvalue weighted by Crippen LogP contribution is -2.50. The Morgan fingerprint density at radius 3 is 2.45 bits per heavy atom. The minimum Gasteiger partial charge on any atom is -0.370 e. The highest BCUT2D eigenvalue weighted by Gasteiger charge is 2.30. The first-order valence-corrected chi connectivity index (χ1v) is 13.0. The number of rotatable bonds is 7. The van der Waals surface area contributed by atoms with Gasteiger partial charge in [0.05, 0.1) is 16.2 Å². The third-order valence-corrected chi connectivity index (χ3v) is 8.04. The summed E-state index contributed by atoms with van der Waals surface area (Å²) in [6.45, 7) is 3.67. The van der Waals surface area contributed by atoms with Crippen LogP contribution in [0.4, 0.5) is 10.2 Å². The molecule has 0 atom stereocenters. The van der Waals surface area contributed by atoms with Crippen molar-refractivity contribution in [2.24, 2.45) is 0 Å². The van der Waals surface area contributed by atoms with E-state index in [1.165, 1.54) is 28.2 Å². The van der Waals surface area contributed by atoms with Crippen molar-refractivity contribution < 1.29 is 17.6 Å². The molecule has 0 saturated carbocycles. The van der Waals surface area contributed by atoms with Crippen LogP contribution < -0.4 is 5.32 Å². The molecule has 3 aromatic rings. The first-order valence-electron chi connectivity index (χ1n) is 10.6. The molecule has 0 aliphatic carbocycles. The highest BCUT2D eigenvalue weighted by molar-refractivity contribution is 7.99. The van der Waals surface area contributed by atoms with Gasteiger partial charge in [-0.05, 0) is 43.3 Å². The van der Waals surface area contributed by atoms with Crippen molar-refractivity contribution in [3.63, 3.8) is 0 Å². The van der Waals surface area contributed by atoms with Gasteiger partial charge >= 0.3 is 0 Å². The van der Waals surface area contributed by atoms with Crippen molar-refractivity contribution in [3.8, 4) is 0 Å². The Morgan fingerprint density at radius 1 is 1.06 bits per heavy atom. The van der Waals surface area contributed by atoms with Gasteiger partial charge in [-0.1, -0.05) is 23.9 Å². The highest BCUT2D eigenvalue weighted by atomic mass is 32.2. The second kappa shape index (κ2) is 10.0. The molecule has 0 spiro atoms. The van der Waals surface area contributed by atoms with Gasteiger partial charge in [-0.3, -0.25) is 4.79 Å². The van der Waals surface area contributed by atoms with E-state index in [1.54, 1.807) is 4.90 Å². The van der Waals surface area contributed by atoms with Gasteiger partial charge < -0.3 is 10.2 Å². The van der Waals surface area contributed by atoms with E-state index in [1.807, 2.05) is 31.2 Å². The number of piperazine rings is 1. The summed E-state index contributed by atoms with van der Waals surface area (Å²) < 4.78 is 40.0. The van der Waals surface area contributed by atoms with Crippen molar-refractivity contribution in [1.82, 2.24) is 19.2 Å². The van der Waals surface area contributed by atoms with E-state index >= 15 is 0 Å². The zero-order valence-corrected chi connectivity index (χ0v) is 19.7. The third kappa shape index (κ3) is 5.26. The van der Waals surface area contributed by atoms with Gasteiger partial charge in [0.15, 0.2) is 5.16 Å². The molecular weight excluding hydrogens is 465 g/mol. The van der Waals surface area contributed by atoms with Gasteiger partial charge in [-0.2, -0.15) is 4.31 Å². The van der Waals surface area contributed by atoms with Crippen LogP contribution in [0.25, 0.3) is 10.9 Å². The molecule has 1 fully saturated rings. The Kier molecular flexibility index (Phi) is 7.11. The number of nitrogens with zero attached hydrogens (tertiary/aromatic N) is 4. The van der Waals surface area contributed by atoms with E-state index < -0.39 is 15.8 Å². The fraction of sp³-hybridized carbons (Fsp3) is 0.318. The average molecular weight is 490 g/mol. The molecule has 1 aromatic heterocycles. The first-order chi connectivity index (χ1) is 15.9. The van der Waals surface area contributed by atoms with Gasteiger partial charge in [-0.25, -0.2) is 22.8 Å². The maximum absolute atomic E-state index is 13.1. The molecule has 0 unspecified atom stereocenters. The standard InChI is InChI=1S/C22H24FN5O3S2/c1-2-24-21-18-5-3-4-6-19(18)25-22(26-21)32-15-20(29)27-11-13-28(14-12-27)33(30,31)17-9-7-16(23)8-10-17/h3-10H,2,11-15H2,1H3,(H,24,25,26). The van der Waals surface area contributed by atoms with Crippen molar-refractivity contribution in [2.45, 2.75) is 17.0 Å². The van der Waals surface area contributed by atoms with Crippen LogP contribution in [0.15, 0.2) is 58.6 Å². The zero-order valence-electron chi connectivity index (χ0n) is 18.1. The van der Waals surface area contributed by atoms with E-state index in [0.717, 1.165) is 35.4 Å². The summed E-state index contributed by atoms with van der Waals surface area (Å²) >= 11 is 1.26. The molecule has 8 nitrogen and oxygen atoms in total. The summed E-state index contributed by atoms with van der Waals surface area (Å²) in [4.78, 5) is 23.5. The summed E-state index contributed by atoms with van der Waals surface area (Å²) in [5.74, 6) is 0.308. The molecule has 1 aliphatic rings. The van der Waals surface area contributed by atoms with Gasteiger partial charge in [0.25, 0.3) is 0 Å². The Bertz CT molecular complexity index is 1250. The number of para-hydroxylation sites is 1. The predicted octanol–water partition coefficient (Wildman–Crippen LogP) is 2.83. The van der Waals surface area contributed by atoms with Crippen LogP contribution >= 0.6 is 11.8 Å². The van der Waals surface area contributed by atoms with Crippen LogP contribution in [0.2, 0.25) is 0 Å². The lowest BCUT2D eigenvalue weighted by molar-refractivity contribution is -0.129. The van der Waals surface area contributed by atoms with Crippen LogP contribution in [-0.4, -0.2) is 72.0 Å². The summed E-state index contributed by atoms with van der Waals surface area (Å²) in [7, 11) is -3.72. The maximum atomic E-state index is 13.1. The zero-order chi connectivity index (χ0) is 23.4.